The van der Waals surface area contributed by atoms with Crippen LogP contribution in [0.2, 0.25) is 0 Å². The van der Waals surface area contributed by atoms with Gasteiger partial charge in [0.25, 0.3) is 5.91 Å². The van der Waals surface area contributed by atoms with E-state index in [0.29, 0.717) is 30.1 Å². The van der Waals surface area contributed by atoms with E-state index in [0.717, 1.165) is 11.3 Å². The van der Waals surface area contributed by atoms with Crippen LogP contribution in [0.15, 0.2) is 36.9 Å². The van der Waals surface area contributed by atoms with E-state index in [9.17, 15) is 15.0 Å². The molecular weight excluding hydrogens is 404 g/mol. The number of fused-ring (bicyclic) bond motifs is 1. The van der Waals surface area contributed by atoms with Crippen molar-refractivity contribution in [1.29, 1.82) is 0 Å². The van der Waals surface area contributed by atoms with Gasteiger partial charge in [-0.05, 0) is 24.6 Å². The van der Waals surface area contributed by atoms with Gasteiger partial charge >= 0.3 is 0 Å². The third-order valence-corrected chi connectivity index (χ3v) is 5.10. The molecule has 0 spiro atoms. The third kappa shape index (κ3) is 4.02. The monoisotopic (exact) mass is 428 g/mol. The molecule has 31 heavy (non-hydrogen) atoms. The second-order valence-corrected chi connectivity index (χ2v) is 7.07. The van der Waals surface area contributed by atoms with Crippen LogP contribution in [0.5, 0.6) is 5.75 Å². The fraction of sp³-hybridized carbons (Fsp3) is 0.400. The lowest BCUT2D eigenvalue weighted by atomic mass is 10.1. The van der Waals surface area contributed by atoms with Gasteiger partial charge in [-0.25, -0.2) is 15.0 Å². The minimum absolute atomic E-state index is 0.386. The zero-order valence-electron chi connectivity index (χ0n) is 17.1. The van der Waals surface area contributed by atoms with Gasteiger partial charge in [-0.15, -0.1) is 0 Å². The molecule has 0 aliphatic carbocycles. The smallest absolute Gasteiger partial charge is 0.252 e. The van der Waals surface area contributed by atoms with E-state index in [1.807, 2.05) is 24.3 Å². The molecule has 1 amide bonds. The van der Waals surface area contributed by atoms with Crippen LogP contribution in [0.1, 0.15) is 18.7 Å². The second kappa shape index (κ2) is 8.84. The minimum Gasteiger partial charge on any atom is -0.497 e. The Labute approximate surface area is 178 Å². The summed E-state index contributed by atoms with van der Waals surface area (Å²) in [7, 11) is 1.61. The van der Waals surface area contributed by atoms with Crippen LogP contribution < -0.4 is 15.4 Å². The van der Waals surface area contributed by atoms with Crippen LogP contribution in [0.4, 0.5) is 5.82 Å². The van der Waals surface area contributed by atoms with Crippen LogP contribution in [-0.4, -0.2) is 67.6 Å². The predicted octanol–water partition coefficient (Wildman–Crippen LogP) is 0.202. The fourth-order valence-electron chi connectivity index (χ4n) is 3.48. The third-order valence-electron chi connectivity index (χ3n) is 5.10. The maximum atomic E-state index is 12.1. The number of likely N-dealkylation sites (N-methyl/N-ethyl adjacent to an activating group) is 1. The summed E-state index contributed by atoms with van der Waals surface area (Å²) in [4.78, 5) is 25.0. The quantitative estimate of drug-likeness (QED) is 0.415. The van der Waals surface area contributed by atoms with Crippen molar-refractivity contribution in [3.63, 3.8) is 0 Å². The van der Waals surface area contributed by atoms with E-state index in [2.05, 4.69) is 25.6 Å². The molecule has 0 bridgehead atoms. The van der Waals surface area contributed by atoms with Gasteiger partial charge in [0.2, 0.25) is 0 Å². The maximum absolute atomic E-state index is 12.1. The number of nitrogens with one attached hydrogen (secondary N) is 2. The summed E-state index contributed by atoms with van der Waals surface area (Å²) in [6.07, 6.45) is -2.09. The molecule has 2 aromatic heterocycles. The first-order valence-electron chi connectivity index (χ1n) is 9.87. The summed E-state index contributed by atoms with van der Waals surface area (Å²) < 4.78 is 12.3. The molecule has 0 radical (unpaired) electrons. The van der Waals surface area contributed by atoms with E-state index in [1.165, 1.54) is 17.2 Å². The average molecular weight is 428 g/mol. The molecule has 1 aliphatic rings. The molecular formula is C20H24N6O5. The number of anilines is 1. The van der Waals surface area contributed by atoms with Gasteiger partial charge in [-0.1, -0.05) is 12.1 Å². The van der Waals surface area contributed by atoms with Crippen molar-refractivity contribution in [2.45, 2.75) is 38.0 Å². The maximum Gasteiger partial charge on any atom is 0.252 e. The van der Waals surface area contributed by atoms with Gasteiger partial charge in [0.15, 0.2) is 29.3 Å². The molecule has 4 rings (SSSR count). The normalized spacial score (nSPS) is 23.1. The van der Waals surface area contributed by atoms with Gasteiger partial charge < -0.3 is 30.3 Å². The highest BCUT2D eigenvalue weighted by molar-refractivity contribution is 5.83. The summed E-state index contributed by atoms with van der Waals surface area (Å²) in [5.74, 6) is 0.792. The number of nitrogens with zero attached hydrogens (tertiary/aromatic N) is 4. The first-order chi connectivity index (χ1) is 15.0. The molecule has 1 aliphatic heterocycles. The summed E-state index contributed by atoms with van der Waals surface area (Å²) in [5, 5.41) is 26.6. The number of ether oxygens (including phenoxy) is 2. The first-order valence-corrected chi connectivity index (χ1v) is 9.87. The van der Waals surface area contributed by atoms with Crippen molar-refractivity contribution in [2.24, 2.45) is 0 Å². The lowest BCUT2D eigenvalue weighted by Crippen LogP contribution is -2.42. The first kappa shape index (κ1) is 21.0. The van der Waals surface area contributed by atoms with Crippen LogP contribution >= 0.6 is 0 Å². The number of aliphatic hydroxyl groups excluding tert-OH is 2. The van der Waals surface area contributed by atoms with E-state index in [-0.39, 0.29) is 0 Å². The van der Waals surface area contributed by atoms with Crippen LogP contribution in [0.3, 0.4) is 0 Å². The Hall–Kier alpha value is -3.28. The Balaban J connectivity index is 1.55. The van der Waals surface area contributed by atoms with Crippen LogP contribution in [0, 0.1) is 0 Å². The summed E-state index contributed by atoms with van der Waals surface area (Å²) in [5.41, 5.74) is 1.90. The number of methoxy groups -OCH3 is 1. The highest BCUT2D eigenvalue weighted by Gasteiger charge is 2.47. The largest absolute Gasteiger partial charge is 0.497 e. The lowest BCUT2D eigenvalue weighted by molar-refractivity contribution is -0.137. The number of aromatic nitrogens is 4. The molecule has 1 aromatic carbocycles. The number of hydrogen-bond donors (Lipinski definition) is 4. The SMILES string of the molecule is CCNC(=O)C1OC(n2cnc3c(NCc4ccc(OC)cc4)ncnc32)C(O)C1O. The molecule has 3 heterocycles. The van der Waals surface area contributed by atoms with Gasteiger partial charge in [-0.2, -0.15) is 0 Å². The zero-order valence-corrected chi connectivity index (χ0v) is 17.1. The number of amides is 1. The molecule has 11 heteroatoms. The fourth-order valence-corrected chi connectivity index (χ4v) is 3.48. The Morgan fingerprint density at radius 1 is 1.19 bits per heavy atom. The second-order valence-electron chi connectivity index (χ2n) is 7.07. The van der Waals surface area contributed by atoms with Gasteiger partial charge in [0.1, 0.15) is 24.3 Å². The Morgan fingerprint density at radius 3 is 2.68 bits per heavy atom. The molecule has 1 saturated heterocycles. The molecule has 1 fully saturated rings. The predicted molar refractivity (Wildman–Crippen MR) is 110 cm³/mol. The van der Waals surface area contributed by atoms with Gasteiger partial charge in [0, 0.05) is 13.1 Å². The van der Waals surface area contributed by atoms with Gasteiger partial charge in [0.05, 0.1) is 13.4 Å². The minimum atomic E-state index is -1.37. The summed E-state index contributed by atoms with van der Waals surface area (Å²) >= 11 is 0. The molecule has 3 aromatic rings. The number of aliphatic hydroxyl groups is 2. The number of carbonyl (C=O) groups is 1. The lowest BCUT2D eigenvalue weighted by Gasteiger charge is -2.16. The number of benzene rings is 1. The number of rotatable bonds is 7. The molecule has 164 valence electrons. The van der Waals surface area contributed by atoms with Gasteiger partial charge in [-0.3, -0.25) is 9.36 Å². The topological polar surface area (TPSA) is 144 Å². The van der Waals surface area contributed by atoms with Crippen molar-refractivity contribution < 1.29 is 24.5 Å². The summed E-state index contributed by atoms with van der Waals surface area (Å²) in [6, 6.07) is 7.62. The molecule has 11 nitrogen and oxygen atoms in total. The molecule has 4 unspecified atom stereocenters. The molecule has 4 N–H and O–H groups in total. The number of carbonyl (C=O) groups excluding carboxylic acids is 1. The highest BCUT2D eigenvalue weighted by atomic mass is 16.6. The van der Waals surface area contributed by atoms with Crippen molar-refractivity contribution in [2.75, 3.05) is 19.0 Å². The van der Waals surface area contributed by atoms with E-state index < -0.39 is 30.4 Å². The van der Waals surface area contributed by atoms with E-state index >= 15 is 0 Å². The van der Waals surface area contributed by atoms with Crippen LogP contribution in [0.25, 0.3) is 11.2 Å². The van der Waals surface area contributed by atoms with Crippen LogP contribution in [-0.2, 0) is 16.1 Å². The van der Waals surface area contributed by atoms with Crippen molar-refractivity contribution in [1.82, 2.24) is 24.8 Å². The summed E-state index contributed by atoms with van der Waals surface area (Å²) in [6.45, 7) is 2.65. The average Bonchev–Trinajstić information content (AvgIpc) is 3.34. The van der Waals surface area contributed by atoms with E-state index in [1.54, 1.807) is 14.0 Å². The van der Waals surface area contributed by atoms with Crippen molar-refractivity contribution in [3.8, 4) is 5.75 Å². The molecule has 0 saturated carbocycles. The standard InChI is InChI=1S/C20H24N6O5/c1-3-21-19(29)16-14(27)15(28)20(31-16)26-10-25-13-17(23-9-24-18(13)26)22-8-11-4-6-12(30-2)7-5-11/h4-7,9-10,14-16,20,27-28H,3,8H2,1-2H3,(H,21,29)(H,22,23,24). The Morgan fingerprint density at radius 2 is 1.97 bits per heavy atom. The highest BCUT2D eigenvalue weighted by Crippen LogP contribution is 2.32. The Kier molecular flexibility index (Phi) is 5.98. The number of imidazole rings is 1. The Bertz CT molecular complexity index is 1060. The number of hydrogen-bond acceptors (Lipinski definition) is 9. The van der Waals surface area contributed by atoms with Crippen molar-refractivity contribution >= 4 is 22.9 Å². The van der Waals surface area contributed by atoms with E-state index in [4.69, 9.17) is 9.47 Å². The molecule has 4 atom stereocenters. The van der Waals surface area contributed by atoms with Crippen molar-refractivity contribution in [3.05, 3.63) is 42.5 Å². The zero-order chi connectivity index (χ0) is 22.0.